The van der Waals surface area contributed by atoms with Gasteiger partial charge in [-0.05, 0) is 24.3 Å². The van der Waals surface area contributed by atoms with E-state index in [4.69, 9.17) is 0 Å². The Bertz CT molecular complexity index is 412. The average Bonchev–Trinajstić information content (AvgIpc) is 2.30. The third-order valence-electron chi connectivity index (χ3n) is 2.02. The molecule has 0 atom stereocenters. The van der Waals surface area contributed by atoms with Crippen LogP contribution in [0.25, 0.3) is 11.3 Å². The van der Waals surface area contributed by atoms with E-state index in [0.29, 0.717) is 0 Å². The number of hydrogen-bond donors (Lipinski definition) is 1. The summed E-state index contributed by atoms with van der Waals surface area (Å²) in [4.78, 5) is 8.26. The third kappa shape index (κ3) is 1.71. The van der Waals surface area contributed by atoms with Crippen LogP contribution in [0.4, 0.5) is 5.69 Å². The van der Waals surface area contributed by atoms with Gasteiger partial charge in [-0.2, -0.15) is 0 Å². The van der Waals surface area contributed by atoms with E-state index in [2.05, 4.69) is 15.3 Å². The van der Waals surface area contributed by atoms with E-state index in [0.717, 1.165) is 16.9 Å². The molecule has 14 heavy (non-hydrogen) atoms. The number of nitrogens with zero attached hydrogens (tertiary/aromatic N) is 2. The molecule has 0 aliphatic rings. The van der Waals surface area contributed by atoms with Crippen LogP contribution in [0.2, 0.25) is 0 Å². The first-order valence-electron chi connectivity index (χ1n) is 4.44. The van der Waals surface area contributed by atoms with Gasteiger partial charge in [0.15, 0.2) is 0 Å². The summed E-state index contributed by atoms with van der Waals surface area (Å²) in [6.45, 7) is 0. The largest absolute Gasteiger partial charge is 0.388 e. The van der Waals surface area contributed by atoms with E-state index in [1.807, 2.05) is 31.3 Å². The molecule has 0 unspecified atom stereocenters. The first kappa shape index (κ1) is 8.69. The molecule has 0 saturated carbocycles. The van der Waals surface area contributed by atoms with Crippen LogP contribution in [0, 0.1) is 0 Å². The predicted octanol–water partition coefficient (Wildman–Crippen LogP) is 2.19. The van der Waals surface area contributed by atoms with E-state index in [1.54, 1.807) is 18.6 Å². The molecule has 0 fully saturated rings. The summed E-state index contributed by atoms with van der Waals surface area (Å²) in [6.07, 6.45) is 5.33. The van der Waals surface area contributed by atoms with Crippen LogP contribution in [-0.4, -0.2) is 17.0 Å². The van der Waals surface area contributed by atoms with Crippen molar-refractivity contribution in [3.63, 3.8) is 0 Å². The van der Waals surface area contributed by atoms with Crippen molar-refractivity contribution in [3.8, 4) is 11.3 Å². The average molecular weight is 185 g/mol. The second kappa shape index (κ2) is 3.87. The molecular weight excluding hydrogens is 174 g/mol. The van der Waals surface area contributed by atoms with Crippen molar-refractivity contribution in [2.45, 2.75) is 0 Å². The molecule has 1 N–H and O–H groups in total. The molecule has 0 bridgehead atoms. The number of aromatic nitrogens is 2. The first-order chi connectivity index (χ1) is 6.90. The number of anilines is 1. The highest BCUT2D eigenvalue weighted by molar-refractivity contribution is 5.63. The monoisotopic (exact) mass is 185 g/mol. The highest BCUT2D eigenvalue weighted by Crippen LogP contribution is 2.18. The molecule has 0 aliphatic heterocycles. The number of rotatable bonds is 2. The lowest BCUT2D eigenvalue weighted by molar-refractivity contribution is 1.28. The molecule has 2 rings (SSSR count). The molecule has 0 saturated heterocycles. The molecule has 0 spiro atoms. The van der Waals surface area contributed by atoms with Gasteiger partial charge in [0, 0.05) is 36.9 Å². The van der Waals surface area contributed by atoms with Gasteiger partial charge in [0.05, 0.1) is 5.69 Å². The maximum Gasteiger partial charge on any atom is 0.0723 e. The zero-order valence-corrected chi connectivity index (χ0v) is 7.94. The summed E-state index contributed by atoms with van der Waals surface area (Å²) in [5, 5.41) is 3.08. The quantitative estimate of drug-likeness (QED) is 0.779. The van der Waals surface area contributed by atoms with Gasteiger partial charge >= 0.3 is 0 Å². The smallest absolute Gasteiger partial charge is 0.0723 e. The fourth-order valence-corrected chi connectivity index (χ4v) is 1.27. The minimum absolute atomic E-state index is 0.958. The summed E-state index contributed by atoms with van der Waals surface area (Å²) in [7, 11) is 1.89. The summed E-state index contributed by atoms with van der Waals surface area (Å²) < 4.78 is 0. The zero-order valence-electron chi connectivity index (χ0n) is 7.94. The van der Waals surface area contributed by atoms with E-state index >= 15 is 0 Å². The third-order valence-corrected chi connectivity index (χ3v) is 2.02. The van der Waals surface area contributed by atoms with Gasteiger partial charge in [-0.1, -0.05) is 0 Å². The van der Waals surface area contributed by atoms with Crippen LogP contribution in [0.15, 0.2) is 42.9 Å². The normalized spacial score (nSPS) is 9.79. The molecule has 70 valence electrons. The Hall–Kier alpha value is -1.90. The molecule has 2 aromatic heterocycles. The Morgan fingerprint density at radius 2 is 1.86 bits per heavy atom. The Labute approximate surface area is 82.8 Å². The van der Waals surface area contributed by atoms with Crippen molar-refractivity contribution in [1.82, 2.24) is 9.97 Å². The maximum absolute atomic E-state index is 4.29. The molecule has 0 radical (unpaired) electrons. The lowest BCUT2D eigenvalue weighted by Gasteiger charge is -2.03. The highest BCUT2D eigenvalue weighted by atomic mass is 14.8. The van der Waals surface area contributed by atoms with Gasteiger partial charge in [-0.25, -0.2) is 0 Å². The molecule has 0 aromatic carbocycles. The van der Waals surface area contributed by atoms with Crippen molar-refractivity contribution >= 4 is 5.69 Å². The summed E-state index contributed by atoms with van der Waals surface area (Å²) >= 11 is 0. The Balaban J connectivity index is 2.42. The predicted molar refractivity (Wildman–Crippen MR) is 57.0 cm³/mol. The second-order valence-corrected chi connectivity index (χ2v) is 2.92. The molecule has 2 heterocycles. The van der Waals surface area contributed by atoms with E-state index in [1.165, 1.54) is 0 Å². The Morgan fingerprint density at radius 3 is 2.57 bits per heavy atom. The number of pyridine rings is 2. The second-order valence-electron chi connectivity index (χ2n) is 2.92. The molecule has 3 nitrogen and oxygen atoms in total. The van der Waals surface area contributed by atoms with Gasteiger partial charge in [0.1, 0.15) is 0 Å². The van der Waals surface area contributed by atoms with Gasteiger partial charge in [0.25, 0.3) is 0 Å². The maximum atomic E-state index is 4.29. The fraction of sp³-hybridized carbons (Fsp3) is 0.0909. The van der Waals surface area contributed by atoms with Crippen LogP contribution in [0.5, 0.6) is 0 Å². The van der Waals surface area contributed by atoms with Crippen LogP contribution in [0.1, 0.15) is 0 Å². The number of hydrogen-bond acceptors (Lipinski definition) is 3. The van der Waals surface area contributed by atoms with Gasteiger partial charge in [-0.3, -0.25) is 9.97 Å². The minimum Gasteiger partial charge on any atom is -0.388 e. The summed E-state index contributed by atoms with van der Waals surface area (Å²) in [6, 6.07) is 7.84. The molecular formula is C11H11N3. The van der Waals surface area contributed by atoms with Gasteiger partial charge in [-0.15, -0.1) is 0 Å². The van der Waals surface area contributed by atoms with Crippen molar-refractivity contribution in [2.75, 3.05) is 12.4 Å². The van der Waals surface area contributed by atoms with Crippen LogP contribution < -0.4 is 5.32 Å². The van der Waals surface area contributed by atoms with E-state index < -0.39 is 0 Å². The molecule has 0 amide bonds. The van der Waals surface area contributed by atoms with Gasteiger partial charge in [0.2, 0.25) is 0 Å². The first-order valence-corrected chi connectivity index (χ1v) is 4.44. The standard InChI is InChI=1S/C11H11N3/c1-12-10-4-7-14-11(8-10)9-2-5-13-6-3-9/h2-8H,1H3,(H,12,14). The lowest BCUT2D eigenvalue weighted by atomic mass is 10.2. The van der Waals surface area contributed by atoms with Crippen molar-refractivity contribution in [3.05, 3.63) is 42.9 Å². The molecule has 3 heteroatoms. The zero-order chi connectivity index (χ0) is 9.80. The van der Waals surface area contributed by atoms with E-state index in [9.17, 15) is 0 Å². The SMILES string of the molecule is CNc1ccnc(-c2ccncc2)c1. The summed E-state index contributed by atoms with van der Waals surface area (Å²) in [5.41, 5.74) is 3.10. The topological polar surface area (TPSA) is 37.8 Å². The number of nitrogens with one attached hydrogen (secondary N) is 1. The van der Waals surface area contributed by atoms with E-state index in [-0.39, 0.29) is 0 Å². The molecule has 2 aromatic rings. The molecule has 0 aliphatic carbocycles. The Morgan fingerprint density at radius 1 is 1.07 bits per heavy atom. The minimum atomic E-state index is 0.958. The fourth-order valence-electron chi connectivity index (χ4n) is 1.27. The van der Waals surface area contributed by atoms with Crippen molar-refractivity contribution < 1.29 is 0 Å². The van der Waals surface area contributed by atoms with Crippen LogP contribution in [0.3, 0.4) is 0 Å². The Kier molecular flexibility index (Phi) is 2.40. The van der Waals surface area contributed by atoms with Crippen LogP contribution >= 0.6 is 0 Å². The lowest BCUT2D eigenvalue weighted by Crippen LogP contribution is -1.90. The van der Waals surface area contributed by atoms with Crippen LogP contribution in [-0.2, 0) is 0 Å². The van der Waals surface area contributed by atoms with Crippen molar-refractivity contribution in [1.29, 1.82) is 0 Å². The highest BCUT2D eigenvalue weighted by Gasteiger charge is 1.98. The van der Waals surface area contributed by atoms with Crippen molar-refractivity contribution in [2.24, 2.45) is 0 Å². The summed E-state index contributed by atoms with van der Waals surface area (Å²) in [5.74, 6) is 0. The van der Waals surface area contributed by atoms with Gasteiger partial charge < -0.3 is 5.32 Å².